The number of hydrogen-bond donors (Lipinski definition) is 0. The Labute approximate surface area is 177 Å². The van der Waals surface area contributed by atoms with Gasteiger partial charge < -0.3 is 14.5 Å². The molecule has 2 aromatic rings. The molecule has 6 heteroatoms. The van der Waals surface area contributed by atoms with Crippen LogP contribution in [-0.2, 0) is 11.2 Å². The van der Waals surface area contributed by atoms with E-state index in [4.69, 9.17) is 0 Å². The molecule has 0 bridgehead atoms. The summed E-state index contributed by atoms with van der Waals surface area (Å²) in [6, 6.07) is 13.5. The minimum atomic E-state index is -0.417. The monoisotopic (exact) mass is 412 g/mol. The molecule has 2 aromatic carbocycles. The first-order valence-corrected chi connectivity index (χ1v) is 10.4. The predicted octanol–water partition coefficient (Wildman–Crippen LogP) is 3.64. The summed E-state index contributed by atoms with van der Waals surface area (Å²) in [4.78, 5) is 28.4. The number of rotatable bonds is 7. The summed E-state index contributed by atoms with van der Waals surface area (Å²) >= 11 is 0. The van der Waals surface area contributed by atoms with Crippen molar-refractivity contribution in [2.24, 2.45) is 5.92 Å². The van der Waals surface area contributed by atoms with Crippen LogP contribution >= 0.6 is 0 Å². The van der Waals surface area contributed by atoms with E-state index in [1.54, 1.807) is 35.2 Å². The summed E-state index contributed by atoms with van der Waals surface area (Å²) in [5.74, 6) is -0.229. The summed E-state index contributed by atoms with van der Waals surface area (Å²) in [5.41, 5.74) is 1.73. The third-order valence-electron chi connectivity index (χ3n) is 5.69. The predicted molar refractivity (Wildman–Crippen MR) is 114 cm³/mol. The number of carbonyl (C=O) groups excluding carboxylic acids is 2. The second kappa shape index (κ2) is 10.3. The molecule has 0 saturated carbocycles. The summed E-state index contributed by atoms with van der Waals surface area (Å²) in [7, 11) is 3.15. The van der Waals surface area contributed by atoms with Crippen LogP contribution in [0.3, 0.4) is 0 Å². The van der Waals surface area contributed by atoms with Crippen LogP contribution in [0, 0.1) is 11.7 Å². The number of esters is 1. The molecule has 3 rings (SSSR count). The normalized spacial score (nSPS) is 16.8. The lowest BCUT2D eigenvalue weighted by Crippen LogP contribution is -2.42. The Morgan fingerprint density at radius 3 is 2.53 bits per heavy atom. The van der Waals surface area contributed by atoms with Gasteiger partial charge in [-0.25, -0.2) is 9.18 Å². The van der Waals surface area contributed by atoms with Gasteiger partial charge in [0.1, 0.15) is 5.82 Å². The number of nitrogens with zero attached hydrogens (tertiary/aromatic N) is 2. The molecule has 0 aromatic heterocycles. The Kier molecular flexibility index (Phi) is 7.57. The standard InChI is InChI=1S/C24H29FN2O3/c1-26(23(28)20-9-11-21(12-10-20)24(29)30-2)16-18-6-5-14-27(17-18)15-13-19-7-3-4-8-22(19)25/h3-4,7-12,18H,5-6,13-17H2,1-2H3/t18-/m1/s1. The van der Waals surface area contributed by atoms with Gasteiger partial charge in [-0.3, -0.25) is 4.79 Å². The van der Waals surface area contributed by atoms with Crippen molar-refractivity contribution in [1.29, 1.82) is 0 Å². The zero-order valence-corrected chi connectivity index (χ0v) is 17.6. The lowest BCUT2D eigenvalue weighted by Gasteiger charge is -2.34. The molecular formula is C24H29FN2O3. The molecule has 0 aliphatic carbocycles. The second-order valence-corrected chi connectivity index (χ2v) is 7.90. The smallest absolute Gasteiger partial charge is 0.337 e. The van der Waals surface area contributed by atoms with Crippen LogP contribution in [0.5, 0.6) is 0 Å². The minimum Gasteiger partial charge on any atom is -0.465 e. The maximum absolute atomic E-state index is 13.8. The Bertz CT molecular complexity index is 869. The molecule has 1 aliphatic rings. The summed E-state index contributed by atoms with van der Waals surface area (Å²) in [6.45, 7) is 3.42. The molecule has 0 unspecified atom stereocenters. The van der Waals surface area contributed by atoms with E-state index < -0.39 is 5.97 Å². The molecule has 1 aliphatic heterocycles. The number of piperidine rings is 1. The number of halogens is 1. The molecule has 0 radical (unpaired) electrons. The summed E-state index contributed by atoms with van der Waals surface area (Å²) < 4.78 is 18.5. The van der Waals surface area contributed by atoms with Gasteiger partial charge in [-0.1, -0.05) is 18.2 Å². The van der Waals surface area contributed by atoms with Crippen molar-refractivity contribution in [2.45, 2.75) is 19.3 Å². The van der Waals surface area contributed by atoms with E-state index in [9.17, 15) is 14.0 Å². The molecule has 5 nitrogen and oxygen atoms in total. The first-order chi connectivity index (χ1) is 14.5. The molecule has 0 N–H and O–H groups in total. The highest BCUT2D eigenvalue weighted by Crippen LogP contribution is 2.19. The zero-order valence-electron chi connectivity index (χ0n) is 17.6. The van der Waals surface area contributed by atoms with Crippen LogP contribution in [0.25, 0.3) is 0 Å². The molecule has 1 saturated heterocycles. The van der Waals surface area contributed by atoms with Gasteiger partial charge in [0.05, 0.1) is 12.7 Å². The Morgan fingerprint density at radius 2 is 1.83 bits per heavy atom. The highest BCUT2D eigenvalue weighted by molar-refractivity contribution is 5.96. The van der Waals surface area contributed by atoms with E-state index in [0.29, 0.717) is 30.0 Å². The van der Waals surface area contributed by atoms with Gasteiger partial charge >= 0.3 is 5.97 Å². The Morgan fingerprint density at radius 1 is 1.13 bits per heavy atom. The van der Waals surface area contributed by atoms with Gasteiger partial charge in [-0.05, 0) is 67.6 Å². The molecule has 0 spiro atoms. The fourth-order valence-corrected chi connectivity index (χ4v) is 4.04. The number of amides is 1. The van der Waals surface area contributed by atoms with E-state index in [0.717, 1.165) is 38.0 Å². The number of benzene rings is 2. The van der Waals surface area contributed by atoms with Crippen molar-refractivity contribution in [3.63, 3.8) is 0 Å². The molecule has 1 fully saturated rings. The minimum absolute atomic E-state index is 0.0603. The zero-order chi connectivity index (χ0) is 21.5. The Hall–Kier alpha value is -2.73. The average molecular weight is 413 g/mol. The molecule has 1 atom stereocenters. The van der Waals surface area contributed by atoms with Crippen molar-refractivity contribution in [3.05, 3.63) is 71.0 Å². The van der Waals surface area contributed by atoms with E-state index in [1.807, 2.05) is 19.2 Å². The van der Waals surface area contributed by atoms with Crippen LogP contribution in [0.1, 0.15) is 39.1 Å². The SMILES string of the molecule is COC(=O)c1ccc(C(=O)N(C)C[C@H]2CCCN(CCc3ccccc3F)C2)cc1. The highest BCUT2D eigenvalue weighted by Gasteiger charge is 2.23. The van der Waals surface area contributed by atoms with Crippen molar-refractivity contribution in [3.8, 4) is 0 Å². The van der Waals surface area contributed by atoms with Crippen LogP contribution in [0.2, 0.25) is 0 Å². The van der Waals surface area contributed by atoms with Crippen LogP contribution < -0.4 is 0 Å². The van der Waals surface area contributed by atoms with Crippen molar-refractivity contribution in [1.82, 2.24) is 9.80 Å². The quantitative estimate of drug-likeness (QED) is 0.652. The van der Waals surface area contributed by atoms with Crippen molar-refractivity contribution < 1.29 is 18.7 Å². The fraction of sp³-hybridized carbons (Fsp3) is 0.417. The molecule has 30 heavy (non-hydrogen) atoms. The van der Waals surface area contributed by atoms with Gasteiger partial charge in [-0.2, -0.15) is 0 Å². The van der Waals surface area contributed by atoms with Gasteiger partial charge in [0, 0.05) is 32.2 Å². The van der Waals surface area contributed by atoms with E-state index in [-0.39, 0.29) is 11.7 Å². The van der Waals surface area contributed by atoms with Crippen LogP contribution in [0.4, 0.5) is 4.39 Å². The number of carbonyl (C=O) groups is 2. The molecule has 1 amide bonds. The maximum atomic E-state index is 13.8. The fourth-order valence-electron chi connectivity index (χ4n) is 4.04. The van der Waals surface area contributed by atoms with Gasteiger partial charge in [0.2, 0.25) is 0 Å². The lowest BCUT2D eigenvalue weighted by atomic mass is 9.96. The third kappa shape index (κ3) is 5.66. The summed E-state index contributed by atoms with van der Waals surface area (Å²) in [6.07, 6.45) is 2.85. The molecular weight excluding hydrogens is 383 g/mol. The average Bonchev–Trinajstić information content (AvgIpc) is 2.78. The Balaban J connectivity index is 1.51. The molecule has 1 heterocycles. The van der Waals surface area contributed by atoms with Gasteiger partial charge in [0.25, 0.3) is 5.91 Å². The largest absolute Gasteiger partial charge is 0.465 e. The first kappa shape index (κ1) is 22.0. The van der Waals surface area contributed by atoms with E-state index >= 15 is 0 Å². The van der Waals surface area contributed by atoms with E-state index in [1.165, 1.54) is 13.2 Å². The topological polar surface area (TPSA) is 49.9 Å². The van der Waals surface area contributed by atoms with Gasteiger partial charge in [0.15, 0.2) is 0 Å². The van der Waals surface area contributed by atoms with E-state index in [2.05, 4.69) is 9.64 Å². The number of hydrogen-bond acceptors (Lipinski definition) is 4. The van der Waals surface area contributed by atoms with Crippen LogP contribution in [-0.4, -0.2) is 62.0 Å². The number of methoxy groups -OCH3 is 1. The first-order valence-electron chi connectivity index (χ1n) is 10.4. The van der Waals surface area contributed by atoms with Crippen molar-refractivity contribution in [2.75, 3.05) is 40.3 Å². The van der Waals surface area contributed by atoms with Crippen LogP contribution in [0.15, 0.2) is 48.5 Å². The van der Waals surface area contributed by atoms with Gasteiger partial charge in [-0.15, -0.1) is 0 Å². The number of ether oxygens (including phenoxy) is 1. The lowest BCUT2D eigenvalue weighted by molar-refractivity contribution is 0.0599. The highest BCUT2D eigenvalue weighted by atomic mass is 19.1. The third-order valence-corrected chi connectivity index (χ3v) is 5.69. The second-order valence-electron chi connectivity index (χ2n) is 7.90. The number of likely N-dealkylation sites (tertiary alicyclic amines) is 1. The van der Waals surface area contributed by atoms with Crippen molar-refractivity contribution >= 4 is 11.9 Å². The maximum Gasteiger partial charge on any atom is 0.337 e. The molecule has 160 valence electrons. The summed E-state index contributed by atoms with van der Waals surface area (Å²) in [5, 5.41) is 0.